The summed E-state index contributed by atoms with van der Waals surface area (Å²) in [5, 5.41) is 2.93. The molecule has 1 N–H and O–H groups in total. The summed E-state index contributed by atoms with van der Waals surface area (Å²) in [6.07, 6.45) is 0. The van der Waals surface area contributed by atoms with E-state index in [1.807, 2.05) is 53.4 Å². The lowest BCUT2D eigenvalue weighted by atomic mass is 10.3. The molecule has 0 spiro atoms. The van der Waals surface area contributed by atoms with Crippen molar-refractivity contribution in [3.63, 3.8) is 0 Å². The van der Waals surface area contributed by atoms with Gasteiger partial charge in [0.2, 0.25) is 0 Å². The van der Waals surface area contributed by atoms with Gasteiger partial charge in [-0.3, -0.25) is 4.90 Å². The molecule has 0 aromatic heterocycles. The highest BCUT2D eigenvalue weighted by molar-refractivity contribution is 5.89. The number of carbonyl (C=O) groups excluding carboxylic acids is 1. The lowest BCUT2D eigenvalue weighted by Gasteiger charge is -2.34. The molecule has 0 atom stereocenters. The molecule has 28 heavy (non-hydrogen) atoms. The molecule has 7 heteroatoms. The van der Waals surface area contributed by atoms with Gasteiger partial charge in [0, 0.05) is 50.5 Å². The molecule has 7 nitrogen and oxygen atoms in total. The summed E-state index contributed by atoms with van der Waals surface area (Å²) in [5.74, 6) is 2.31. The van der Waals surface area contributed by atoms with Gasteiger partial charge >= 0.3 is 6.03 Å². The first kappa shape index (κ1) is 19.8. The Labute approximate surface area is 165 Å². The summed E-state index contributed by atoms with van der Waals surface area (Å²) < 4.78 is 16.2. The monoisotopic (exact) mass is 385 g/mol. The number of piperazine rings is 1. The summed E-state index contributed by atoms with van der Waals surface area (Å²) in [6, 6.07) is 14.9. The zero-order valence-electron chi connectivity index (χ0n) is 16.4. The van der Waals surface area contributed by atoms with Crippen molar-refractivity contribution in [2.45, 2.75) is 0 Å². The van der Waals surface area contributed by atoms with Gasteiger partial charge in [0.1, 0.15) is 23.9 Å². The van der Waals surface area contributed by atoms with E-state index in [1.54, 1.807) is 14.2 Å². The van der Waals surface area contributed by atoms with E-state index in [0.29, 0.717) is 19.7 Å². The van der Waals surface area contributed by atoms with Crippen LogP contribution in [-0.2, 0) is 0 Å². The van der Waals surface area contributed by atoms with Gasteiger partial charge in [-0.1, -0.05) is 12.1 Å². The van der Waals surface area contributed by atoms with Crippen molar-refractivity contribution in [3.8, 4) is 17.2 Å². The molecular weight excluding hydrogens is 358 g/mol. The zero-order valence-corrected chi connectivity index (χ0v) is 16.4. The minimum Gasteiger partial charge on any atom is -0.497 e. The summed E-state index contributed by atoms with van der Waals surface area (Å²) >= 11 is 0. The molecule has 2 aromatic rings. The molecule has 0 radical (unpaired) electrons. The Kier molecular flexibility index (Phi) is 6.97. The molecular formula is C21H27N3O4. The second-order valence-electron chi connectivity index (χ2n) is 6.52. The summed E-state index contributed by atoms with van der Waals surface area (Å²) in [4.78, 5) is 16.6. The third-order valence-corrected chi connectivity index (χ3v) is 4.70. The average Bonchev–Trinajstić information content (AvgIpc) is 2.74. The molecule has 1 aliphatic rings. The number of nitrogens with one attached hydrogen (secondary N) is 1. The lowest BCUT2D eigenvalue weighted by molar-refractivity contribution is 0.132. The Hall–Kier alpha value is -2.93. The van der Waals surface area contributed by atoms with Crippen LogP contribution in [0.2, 0.25) is 0 Å². The van der Waals surface area contributed by atoms with Gasteiger partial charge in [-0.25, -0.2) is 4.79 Å². The maximum Gasteiger partial charge on any atom is 0.321 e. The highest BCUT2D eigenvalue weighted by Gasteiger charge is 2.21. The van der Waals surface area contributed by atoms with Crippen LogP contribution in [0.25, 0.3) is 0 Å². The molecule has 0 unspecified atom stereocenters. The van der Waals surface area contributed by atoms with Crippen molar-refractivity contribution in [2.24, 2.45) is 0 Å². The number of ether oxygens (including phenoxy) is 3. The van der Waals surface area contributed by atoms with E-state index in [-0.39, 0.29) is 6.03 Å². The standard InChI is InChI=1S/C21H27N3O4/c1-26-18-6-3-5-17(15-18)22-21(25)24-11-9-23(10-12-24)13-14-28-20-8-4-7-19(16-20)27-2/h3-8,15-16H,9-14H2,1-2H3,(H,22,25). The van der Waals surface area contributed by atoms with Crippen molar-refractivity contribution in [3.05, 3.63) is 48.5 Å². The van der Waals surface area contributed by atoms with Crippen molar-refractivity contribution in [1.29, 1.82) is 0 Å². The van der Waals surface area contributed by atoms with Crippen LogP contribution >= 0.6 is 0 Å². The first-order valence-electron chi connectivity index (χ1n) is 9.37. The number of anilines is 1. The second-order valence-corrected chi connectivity index (χ2v) is 6.52. The first-order chi connectivity index (χ1) is 13.7. The largest absolute Gasteiger partial charge is 0.497 e. The molecule has 0 bridgehead atoms. The average molecular weight is 385 g/mol. The van der Waals surface area contributed by atoms with E-state index in [0.717, 1.165) is 42.6 Å². The van der Waals surface area contributed by atoms with Gasteiger partial charge in [0.05, 0.1) is 14.2 Å². The SMILES string of the molecule is COc1cccc(NC(=O)N2CCN(CCOc3cccc(OC)c3)CC2)c1. The van der Waals surface area contributed by atoms with Crippen LogP contribution in [0.15, 0.2) is 48.5 Å². The molecule has 150 valence electrons. The summed E-state index contributed by atoms with van der Waals surface area (Å²) in [5.41, 5.74) is 0.735. The Balaban J connectivity index is 1.39. The fourth-order valence-electron chi connectivity index (χ4n) is 3.06. The zero-order chi connectivity index (χ0) is 19.8. The number of benzene rings is 2. The van der Waals surface area contributed by atoms with Crippen LogP contribution in [0.3, 0.4) is 0 Å². The predicted octanol–water partition coefficient (Wildman–Crippen LogP) is 2.93. The van der Waals surface area contributed by atoms with Crippen molar-refractivity contribution in [1.82, 2.24) is 9.80 Å². The Morgan fingerprint density at radius 3 is 2.29 bits per heavy atom. The van der Waals surface area contributed by atoms with E-state index in [4.69, 9.17) is 14.2 Å². The predicted molar refractivity (Wildman–Crippen MR) is 109 cm³/mol. The Morgan fingerprint density at radius 1 is 0.929 bits per heavy atom. The number of urea groups is 1. The van der Waals surface area contributed by atoms with Gasteiger partial charge in [-0.15, -0.1) is 0 Å². The third-order valence-electron chi connectivity index (χ3n) is 4.70. The van der Waals surface area contributed by atoms with Crippen molar-refractivity contribution >= 4 is 11.7 Å². The van der Waals surface area contributed by atoms with E-state index in [1.165, 1.54) is 0 Å². The molecule has 0 saturated carbocycles. The Bertz CT molecular complexity index is 776. The van der Waals surface area contributed by atoms with E-state index in [9.17, 15) is 4.79 Å². The molecule has 3 rings (SSSR count). The number of nitrogens with zero attached hydrogens (tertiary/aromatic N) is 2. The normalized spacial score (nSPS) is 14.4. The lowest BCUT2D eigenvalue weighted by Crippen LogP contribution is -2.50. The van der Waals surface area contributed by atoms with Gasteiger partial charge in [-0.05, 0) is 24.3 Å². The fraction of sp³-hybridized carbons (Fsp3) is 0.381. The first-order valence-corrected chi connectivity index (χ1v) is 9.37. The molecule has 1 heterocycles. The number of methoxy groups -OCH3 is 2. The highest BCUT2D eigenvalue weighted by Crippen LogP contribution is 2.19. The highest BCUT2D eigenvalue weighted by atomic mass is 16.5. The number of amides is 2. The molecule has 1 saturated heterocycles. The molecule has 0 aliphatic carbocycles. The van der Waals surface area contributed by atoms with Crippen LogP contribution in [-0.4, -0.2) is 69.4 Å². The quantitative estimate of drug-likeness (QED) is 0.794. The number of carbonyl (C=O) groups is 1. The summed E-state index contributed by atoms with van der Waals surface area (Å²) in [7, 11) is 3.25. The van der Waals surface area contributed by atoms with Crippen molar-refractivity contribution in [2.75, 3.05) is 58.9 Å². The molecule has 2 amide bonds. The van der Waals surface area contributed by atoms with Crippen LogP contribution in [0.5, 0.6) is 17.2 Å². The van der Waals surface area contributed by atoms with Crippen LogP contribution in [0.4, 0.5) is 10.5 Å². The fourth-order valence-corrected chi connectivity index (χ4v) is 3.06. The maximum atomic E-state index is 12.5. The molecule has 2 aromatic carbocycles. The third kappa shape index (κ3) is 5.53. The second kappa shape index (κ2) is 9.85. The minimum absolute atomic E-state index is 0.0828. The van der Waals surface area contributed by atoms with Crippen molar-refractivity contribution < 1.29 is 19.0 Å². The van der Waals surface area contributed by atoms with E-state index in [2.05, 4.69) is 10.2 Å². The maximum absolute atomic E-state index is 12.5. The molecule has 1 aliphatic heterocycles. The minimum atomic E-state index is -0.0828. The van der Waals surface area contributed by atoms with E-state index < -0.39 is 0 Å². The van der Waals surface area contributed by atoms with E-state index >= 15 is 0 Å². The van der Waals surface area contributed by atoms with Gasteiger partial charge in [0.15, 0.2) is 0 Å². The smallest absolute Gasteiger partial charge is 0.321 e. The molecule has 1 fully saturated rings. The van der Waals surface area contributed by atoms with Gasteiger partial charge in [0.25, 0.3) is 0 Å². The number of rotatable bonds is 7. The number of hydrogen-bond donors (Lipinski definition) is 1. The van der Waals surface area contributed by atoms with Crippen LogP contribution in [0, 0.1) is 0 Å². The number of hydrogen-bond acceptors (Lipinski definition) is 5. The van der Waals surface area contributed by atoms with Crippen LogP contribution < -0.4 is 19.5 Å². The Morgan fingerprint density at radius 2 is 1.57 bits per heavy atom. The van der Waals surface area contributed by atoms with Gasteiger partial charge in [-0.2, -0.15) is 0 Å². The summed E-state index contributed by atoms with van der Waals surface area (Å²) in [6.45, 7) is 4.45. The van der Waals surface area contributed by atoms with Gasteiger partial charge < -0.3 is 24.4 Å². The van der Waals surface area contributed by atoms with Crippen LogP contribution in [0.1, 0.15) is 0 Å². The topological polar surface area (TPSA) is 63.3 Å².